The largest absolute Gasteiger partial charge is 0.463 e. The summed E-state index contributed by atoms with van der Waals surface area (Å²) in [6.07, 6.45) is 1.45. The highest BCUT2D eigenvalue weighted by Gasteiger charge is 2.12. The molecule has 4 heteroatoms. The van der Waals surface area contributed by atoms with Crippen molar-refractivity contribution in [1.29, 1.82) is 0 Å². The number of carbonyl (C=O) groups is 1. The van der Waals surface area contributed by atoms with Crippen LogP contribution in [0, 0.1) is 3.57 Å². The van der Waals surface area contributed by atoms with E-state index in [1.165, 1.54) is 13.4 Å². The second-order valence-corrected chi connectivity index (χ2v) is 2.75. The van der Waals surface area contributed by atoms with E-state index in [-0.39, 0.29) is 5.76 Å². The SMILES string of the molecule is COC(=O)c1occc1I. The first-order chi connectivity index (χ1) is 4.75. The molecule has 0 spiro atoms. The fraction of sp³-hybridized carbons (Fsp3) is 0.167. The Morgan fingerprint density at radius 2 is 2.50 bits per heavy atom. The molecule has 3 nitrogen and oxygen atoms in total. The second-order valence-electron chi connectivity index (χ2n) is 1.59. The molecule has 0 aromatic carbocycles. The summed E-state index contributed by atoms with van der Waals surface area (Å²) in [5.41, 5.74) is 0. The maximum atomic E-state index is 10.8. The third-order valence-electron chi connectivity index (χ3n) is 0.988. The highest BCUT2D eigenvalue weighted by molar-refractivity contribution is 14.1. The molecule has 0 aliphatic carbocycles. The molecule has 0 N–H and O–H groups in total. The topological polar surface area (TPSA) is 39.4 Å². The number of ether oxygens (including phenoxy) is 1. The minimum atomic E-state index is -0.436. The molecule has 1 aromatic heterocycles. The Kier molecular flexibility index (Phi) is 2.31. The van der Waals surface area contributed by atoms with Crippen LogP contribution in [0.3, 0.4) is 0 Å². The summed E-state index contributed by atoms with van der Waals surface area (Å²) in [6, 6.07) is 1.70. The van der Waals surface area contributed by atoms with Gasteiger partial charge in [0, 0.05) is 0 Å². The smallest absolute Gasteiger partial charge is 0.375 e. The molecule has 0 unspecified atom stereocenters. The van der Waals surface area contributed by atoms with E-state index in [1.807, 2.05) is 22.6 Å². The zero-order chi connectivity index (χ0) is 7.56. The Hall–Kier alpha value is -0.520. The van der Waals surface area contributed by atoms with Gasteiger partial charge in [0.15, 0.2) is 0 Å². The first kappa shape index (κ1) is 7.59. The van der Waals surface area contributed by atoms with E-state index >= 15 is 0 Å². The van der Waals surface area contributed by atoms with Gasteiger partial charge < -0.3 is 9.15 Å². The molecule has 0 saturated carbocycles. The number of carbonyl (C=O) groups excluding carboxylic acids is 1. The van der Waals surface area contributed by atoms with E-state index in [9.17, 15) is 4.79 Å². The predicted octanol–water partition coefficient (Wildman–Crippen LogP) is 1.67. The average molecular weight is 252 g/mol. The van der Waals surface area contributed by atoms with Gasteiger partial charge in [-0.25, -0.2) is 4.79 Å². The van der Waals surface area contributed by atoms with Crippen LogP contribution in [-0.4, -0.2) is 13.1 Å². The van der Waals surface area contributed by atoms with Crippen molar-refractivity contribution in [2.24, 2.45) is 0 Å². The summed E-state index contributed by atoms with van der Waals surface area (Å²) in [6.45, 7) is 0. The van der Waals surface area contributed by atoms with Crippen LogP contribution in [-0.2, 0) is 4.74 Å². The highest BCUT2D eigenvalue weighted by Crippen LogP contribution is 2.13. The van der Waals surface area contributed by atoms with Gasteiger partial charge in [0.1, 0.15) is 0 Å². The minimum absolute atomic E-state index is 0.267. The van der Waals surface area contributed by atoms with E-state index in [1.54, 1.807) is 6.07 Å². The molecule has 0 bridgehead atoms. The maximum Gasteiger partial charge on any atom is 0.375 e. The average Bonchev–Trinajstić information content (AvgIpc) is 2.34. The van der Waals surface area contributed by atoms with Crippen molar-refractivity contribution >= 4 is 28.6 Å². The molecule has 0 radical (unpaired) electrons. The second kappa shape index (κ2) is 3.05. The van der Waals surface area contributed by atoms with Crippen molar-refractivity contribution in [3.63, 3.8) is 0 Å². The Bertz CT molecular complexity index is 241. The zero-order valence-electron chi connectivity index (χ0n) is 5.26. The molecule has 10 heavy (non-hydrogen) atoms. The van der Waals surface area contributed by atoms with Crippen molar-refractivity contribution in [2.45, 2.75) is 0 Å². The Labute approximate surface area is 71.5 Å². The van der Waals surface area contributed by atoms with Gasteiger partial charge in [-0.2, -0.15) is 0 Å². The maximum absolute atomic E-state index is 10.8. The summed E-state index contributed by atoms with van der Waals surface area (Å²) in [5.74, 6) is -0.169. The van der Waals surface area contributed by atoms with Gasteiger partial charge in [0.2, 0.25) is 5.76 Å². The summed E-state index contributed by atoms with van der Waals surface area (Å²) in [5, 5.41) is 0. The molecule has 1 rings (SSSR count). The van der Waals surface area contributed by atoms with Crippen LogP contribution in [0.2, 0.25) is 0 Å². The van der Waals surface area contributed by atoms with Gasteiger partial charge in [-0.05, 0) is 28.7 Å². The fourth-order valence-electron chi connectivity index (χ4n) is 0.532. The van der Waals surface area contributed by atoms with Gasteiger partial charge in [0.25, 0.3) is 0 Å². The molecular formula is C6H5IO3. The van der Waals surface area contributed by atoms with E-state index in [2.05, 4.69) is 4.74 Å². The summed E-state index contributed by atoms with van der Waals surface area (Å²) in [4.78, 5) is 10.8. The van der Waals surface area contributed by atoms with Gasteiger partial charge in [-0.15, -0.1) is 0 Å². The third kappa shape index (κ3) is 1.31. The normalized spacial score (nSPS) is 9.40. The van der Waals surface area contributed by atoms with Crippen LogP contribution in [0.5, 0.6) is 0 Å². The Morgan fingerprint density at radius 1 is 1.80 bits per heavy atom. The molecular weight excluding hydrogens is 247 g/mol. The van der Waals surface area contributed by atoms with Crippen molar-refractivity contribution in [3.05, 3.63) is 21.7 Å². The van der Waals surface area contributed by atoms with E-state index in [4.69, 9.17) is 4.42 Å². The van der Waals surface area contributed by atoms with Crippen LogP contribution in [0.1, 0.15) is 10.6 Å². The number of esters is 1. The number of hydrogen-bond acceptors (Lipinski definition) is 3. The lowest BCUT2D eigenvalue weighted by Gasteiger charge is -1.92. The number of rotatable bonds is 1. The highest BCUT2D eigenvalue weighted by atomic mass is 127. The minimum Gasteiger partial charge on any atom is -0.463 e. The first-order valence-corrected chi connectivity index (χ1v) is 3.65. The number of hydrogen-bond donors (Lipinski definition) is 0. The number of halogens is 1. The predicted molar refractivity (Wildman–Crippen MR) is 42.8 cm³/mol. The number of methoxy groups -OCH3 is 1. The van der Waals surface area contributed by atoms with Crippen LogP contribution in [0.4, 0.5) is 0 Å². The number of furan rings is 1. The third-order valence-corrected chi connectivity index (χ3v) is 1.84. The van der Waals surface area contributed by atoms with Crippen molar-refractivity contribution in [2.75, 3.05) is 7.11 Å². The standard InChI is InChI=1S/C6H5IO3/c1-9-6(8)5-4(7)2-3-10-5/h2-3H,1H3. The van der Waals surface area contributed by atoms with E-state index < -0.39 is 5.97 Å². The lowest BCUT2D eigenvalue weighted by molar-refractivity contribution is 0.0563. The van der Waals surface area contributed by atoms with Gasteiger partial charge in [0.05, 0.1) is 16.9 Å². The monoisotopic (exact) mass is 252 g/mol. The van der Waals surface area contributed by atoms with Crippen LogP contribution < -0.4 is 0 Å². The quantitative estimate of drug-likeness (QED) is 0.563. The first-order valence-electron chi connectivity index (χ1n) is 2.57. The van der Waals surface area contributed by atoms with Gasteiger partial charge in [-0.3, -0.25) is 0 Å². The molecule has 0 aliphatic heterocycles. The molecule has 1 aromatic rings. The lowest BCUT2D eigenvalue weighted by atomic mass is 10.5. The van der Waals surface area contributed by atoms with Gasteiger partial charge in [-0.1, -0.05) is 0 Å². The summed E-state index contributed by atoms with van der Waals surface area (Å²) < 4.78 is 10.0. The van der Waals surface area contributed by atoms with E-state index in [0.717, 1.165) is 3.57 Å². The molecule has 0 amide bonds. The van der Waals surface area contributed by atoms with Crippen LogP contribution in [0.25, 0.3) is 0 Å². The Morgan fingerprint density at radius 3 is 2.90 bits per heavy atom. The summed E-state index contributed by atoms with van der Waals surface area (Å²) >= 11 is 2.00. The zero-order valence-corrected chi connectivity index (χ0v) is 7.41. The lowest BCUT2D eigenvalue weighted by Crippen LogP contribution is -2.00. The van der Waals surface area contributed by atoms with Crippen LogP contribution in [0.15, 0.2) is 16.7 Å². The van der Waals surface area contributed by atoms with Crippen LogP contribution >= 0.6 is 22.6 Å². The fourth-order valence-corrected chi connectivity index (χ4v) is 1.03. The molecule has 0 fully saturated rings. The summed E-state index contributed by atoms with van der Waals surface area (Å²) in [7, 11) is 1.32. The van der Waals surface area contributed by atoms with Gasteiger partial charge >= 0.3 is 5.97 Å². The van der Waals surface area contributed by atoms with Crippen molar-refractivity contribution in [1.82, 2.24) is 0 Å². The van der Waals surface area contributed by atoms with Crippen molar-refractivity contribution < 1.29 is 13.9 Å². The molecule has 0 saturated heterocycles. The van der Waals surface area contributed by atoms with E-state index in [0.29, 0.717) is 0 Å². The Balaban J connectivity index is 2.93. The molecule has 54 valence electrons. The molecule has 0 atom stereocenters. The molecule has 0 aliphatic rings. The van der Waals surface area contributed by atoms with Crippen molar-refractivity contribution in [3.8, 4) is 0 Å². The molecule has 1 heterocycles.